The second-order valence-corrected chi connectivity index (χ2v) is 6.00. The average molecular weight is 249 g/mol. The van der Waals surface area contributed by atoms with E-state index in [0.717, 1.165) is 29.1 Å². The Bertz CT molecular complexity index is 460. The van der Waals surface area contributed by atoms with E-state index in [0.29, 0.717) is 6.04 Å². The Hall–Kier alpha value is -0.890. The summed E-state index contributed by atoms with van der Waals surface area (Å²) in [4.78, 5) is 2.60. The van der Waals surface area contributed by atoms with Crippen LogP contribution in [-0.2, 0) is 0 Å². The zero-order chi connectivity index (χ0) is 11.4. The van der Waals surface area contributed by atoms with Gasteiger partial charge in [0.2, 0.25) is 0 Å². The molecule has 3 unspecified atom stereocenters. The molecular weight excluding hydrogens is 232 g/mol. The summed E-state index contributed by atoms with van der Waals surface area (Å²) in [5.41, 5.74) is 2.47. The van der Waals surface area contributed by atoms with Crippen LogP contribution in [0, 0.1) is 11.8 Å². The zero-order valence-corrected chi connectivity index (χ0v) is 10.6. The van der Waals surface area contributed by atoms with Crippen molar-refractivity contribution in [3.8, 4) is 0 Å². The highest BCUT2D eigenvalue weighted by Gasteiger charge is 2.46. The lowest BCUT2D eigenvalue weighted by Crippen LogP contribution is -2.42. The number of benzene rings is 1. The van der Waals surface area contributed by atoms with Gasteiger partial charge in [0, 0.05) is 19.1 Å². The van der Waals surface area contributed by atoms with Crippen LogP contribution < -0.4 is 10.2 Å². The highest BCUT2D eigenvalue weighted by atomic mass is 35.5. The number of halogens is 1. The SMILES string of the molecule is Clc1cccc2c1NCC1C3CCCC3CN21. The fourth-order valence-corrected chi connectivity index (χ4v) is 4.33. The summed E-state index contributed by atoms with van der Waals surface area (Å²) in [6, 6.07) is 6.96. The normalized spacial score (nSPS) is 33.9. The molecule has 0 amide bonds. The molecule has 1 aromatic carbocycles. The molecule has 3 atom stereocenters. The van der Waals surface area contributed by atoms with Crippen molar-refractivity contribution in [1.29, 1.82) is 0 Å². The third-order valence-corrected chi connectivity index (χ3v) is 5.15. The second kappa shape index (κ2) is 3.55. The summed E-state index contributed by atoms with van der Waals surface area (Å²) in [5.74, 6) is 1.83. The molecule has 0 bridgehead atoms. The second-order valence-electron chi connectivity index (χ2n) is 5.59. The highest BCUT2D eigenvalue weighted by molar-refractivity contribution is 6.34. The quantitative estimate of drug-likeness (QED) is 0.757. The minimum atomic E-state index is 0.702. The van der Waals surface area contributed by atoms with Gasteiger partial charge in [0.15, 0.2) is 0 Å². The van der Waals surface area contributed by atoms with Gasteiger partial charge in [-0.15, -0.1) is 0 Å². The Labute approximate surface area is 107 Å². The zero-order valence-electron chi connectivity index (χ0n) is 9.82. The van der Waals surface area contributed by atoms with Crippen LogP contribution in [-0.4, -0.2) is 19.1 Å². The van der Waals surface area contributed by atoms with E-state index in [2.05, 4.69) is 22.3 Å². The van der Waals surface area contributed by atoms with E-state index >= 15 is 0 Å². The van der Waals surface area contributed by atoms with Crippen molar-refractivity contribution >= 4 is 23.0 Å². The van der Waals surface area contributed by atoms with Gasteiger partial charge in [-0.2, -0.15) is 0 Å². The van der Waals surface area contributed by atoms with Gasteiger partial charge in [0.05, 0.1) is 16.4 Å². The first-order valence-corrected chi connectivity index (χ1v) is 7.01. The van der Waals surface area contributed by atoms with Gasteiger partial charge < -0.3 is 10.2 Å². The van der Waals surface area contributed by atoms with Gasteiger partial charge in [-0.05, 0) is 36.8 Å². The first-order chi connectivity index (χ1) is 8.34. The van der Waals surface area contributed by atoms with Crippen LogP contribution in [0.25, 0.3) is 0 Å². The number of hydrogen-bond acceptors (Lipinski definition) is 2. The van der Waals surface area contributed by atoms with Crippen molar-refractivity contribution in [2.75, 3.05) is 23.3 Å². The van der Waals surface area contributed by atoms with Crippen LogP contribution in [0.2, 0.25) is 5.02 Å². The maximum atomic E-state index is 6.26. The maximum absolute atomic E-state index is 6.26. The molecule has 0 spiro atoms. The molecule has 2 nitrogen and oxygen atoms in total. The molecule has 90 valence electrons. The summed E-state index contributed by atoms with van der Waals surface area (Å²) >= 11 is 6.26. The van der Waals surface area contributed by atoms with Crippen LogP contribution in [0.15, 0.2) is 18.2 Å². The highest BCUT2D eigenvalue weighted by Crippen LogP contribution is 2.48. The number of hydrogen-bond donors (Lipinski definition) is 1. The van der Waals surface area contributed by atoms with Crippen LogP contribution in [0.1, 0.15) is 19.3 Å². The first kappa shape index (κ1) is 10.1. The number of anilines is 2. The Balaban J connectivity index is 1.76. The minimum absolute atomic E-state index is 0.702. The van der Waals surface area contributed by atoms with E-state index in [1.165, 1.54) is 31.5 Å². The van der Waals surface area contributed by atoms with Gasteiger partial charge in [-0.3, -0.25) is 0 Å². The van der Waals surface area contributed by atoms with Crippen LogP contribution in [0.4, 0.5) is 11.4 Å². The lowest BCUT2D eigenvalue weighted by Gasteiger charge is -2.37. The van der Waals surface area contributed by atoms with Gasteiger partial charge in [0.1, 0.15) is 0 Å². The Morgan fingerprint density at radius 3 is 3.18 bits per heavy atom. The molecule has 1 aliphatic carbocycles. The molecule has 2 fully saturated rings. The summed E-state index contributed by atoms with van der Waals surface area (Å²) in [5, 5.41) is 4.40. The predicted octanol–water partition coefficient (Wildman–Crippen LogP) is 3.37. The molecule has 1 saturated carbocycles. The van der Waals surface area contributed by atoms with Gasteiger partial charge >= 0.3 is 0 Å². The van der Waals surface area contributed by atoms with Crippen LogP contribution in [0.3, 0.4) is 0 Å². The van der Waals surface area contributed by atoms with Crippen molar-refractivity contribution in [3.05, 3.63) is 23.2 Å². The van der Waals surface area contributed by atoms with Gasteiger partial charge in [-0.25, -0.2) is 0 Å². The lowest BCUT2D eigenvalue weighted by atomic mass is 9.93. The van der Waals surface area contributed by atoms with Crippen LogP contribution in [0.5, 0.6) is 0 Å². The summed E-state index contributed by atoms with van der Waals surface area (Å²) in [7, 11) is 0. The first-order valence-electron chi connectivity index (χ1n) is 6.63. The number of para-hydroxylation sites is 1. The fourth-order valence-electron chi connectivity index (χ4n) is 4.09. The molecule has 1 N–H and O–H groups in total. The van der Waals surface area contributed by atoms with E-state index in [-0.39, 0.29) is 0 Å². The molecule has 17 heavy (non-hydrogen) atoms. The third-order valence-electron chi connectivity index (χ3n) is 4.83. The Morgan fingerprint density at radius 1 is 1.29 bits per heavy atom. The number of fused-ring (bicyclic) bond motifs is 5. The fraction of sp³-hybridized carbons (Fsp3) is 0.571. The lowest BCUT2D eigenvalue weighted by molar-refractivity contribution is 0.429. The van der Waals surface area contributed by atoms with E-state index < -0.39 is 0 Å². The molecule has 4 rings (SSSR count). The number of nitrogens with zero attached hydrogens (tertiary/aromatic N) is 1. The van der Waals surface area contributed by atoms with Crippen molar-refractivity contribution in [2.24, 2.45) is 11.8 Å². The molecule has 3 aliphatic rings. The topological polar surface area (TPSA) is 15.3 Å². The molecule has 0 aromatic heterocycles. The van der Waals surface area contributed by atoms with Crippen LogP contribution >= 0.6 is 11.6 Å². The van der Waals surface area contributed by atoms with E-state index in [9.17, 15) is 0 Å². The smallest absolute Gasteiger partial charge is 0.0768 e. The summed E-state index contributed by atoms with van der Waals surface area (Å²) in [6.07, 6.45) is 4.28. The van der Waals surface area contributed by atoms with E-state index in [1.807, 2.05) is 6.07 Å². The largest absolute Gasteiger partial charge is 0.380 e. The molecule has 1 saturated heterocycles. The van der Waals surface area contributed by atoms with Gasteiger partial charge in [-0.1, -0.05) is 24.1 Å². The maximum Gasteiger partial charge on any atom is 0.0768 e. The molecule has 2 heterocycles. The Kier molecular flexibility index (Phi) is 2.10. The monoisotopic (exact) mass is 248 g/mol. The van der Waals surface area contributed by atoms with Crippen molar-refractivity contribution in [3.63, 3.8) is 0 Å². The van der Waals surface area contributed by atoms with Crippen molar-refractivity contribution < 1.29 is 0 Å². The van der Waals surface area contributed by atoms with E-state index in [1.54, 1.807) is 0 Å². The molecular formula is C14H17ClN2. The molecule has 3 heteroatoms. The average Bonchev–Trinajstić information content (AvgIpc) is 2.89. The number of nitrogens with one attached hydrogen (secondary N) is 1. The van der Waals surface area contributed by atoms with Gasteiger partial charge in [0.25, 0.3) is 0 Å². The predicted molar refractivity (Wildman–Crippen MR) is 71.9 cm³/mol. The molecule has 2 aliphatic heterocycles. The summed E-state index contributed by atoms with van der Waals surface area (Å²) in [6.45, 7) is 2.31. The standard InChI is InChI=1S/C14H17ClN2/c15-11-5-2-6-12-14(11)16-7-13-10-4-1-3-9(10)8-17(12)13/h2,5-6,9-10,13,16H,1,3-4,7-8H2. The number of rotatable bonds is 0. The molecule has 0 radical (unpaired) electrons. The summed E-state index contributed by atoms with van der Waals surface area (Å²) < 4.78 is 0. The minimum Gasteiger partial charge on any atom is -0.380 e. The van der Waals surface area contributed by atoms with Crippen molar-refractivity contribution in [1.82, 2.24) is 0 Å². The molecule has 1 aromatic rings. The van der Waals surface area contributed by atoms with E-state index in [4.69, 9.17) is 11.6 Å². The van der Waals surface area contributed by atoms with Crippen molar-refractivity contribution in [2.45, 2.75) is 25.3 Å². The third kappa shape index (κ3) is 1.33. The Morgan fingerprint density at radius 2 is 2.24 bits per heavy atom.